The summed E-state index contributed by atoms with van der Waals surface area (Å²) in [7, 11) is 0. The SMILES string of the molecule is O=C(Nc1nnc(N2CCN3CCC[C@H]3C2)s1)NC12CC3CC(CC(C3)C1)C2. The van der Waals surface area contributed by atoms with Gasteiger partial charge >= 0.3 is 6.03 Å². The molecule has 2 amide bonds. The van der Waals surface area contributed by atoms with Crippen LogP contribution in [0.15, 0.2) is 0 Å². The van der Waals surface area contributed by atoms with E-state index >= 15 is 0 Å². The maximum Gasteiger partial charge on any atom is 0.321 e. The molecule has 2 saturated heterocycles. The van der Waals surface area contributed by atoms with E-state index in [2.05, 4.69) is 30.6 Å². The highest BCUT2D eigenvalue weighted by Gasteiger charge is 2.51. The molecule has 7 rings (SSSR count). The summed E-state index contributed by atoms with van der Waals surface area (Å²) in [5.41, 5.74) is 0.0329. The Morgan fingerprint density at radius 3 is 2.54 bits per heavy atom. The summed E-state index contributed by atoms with van der Waals surface area (Å²) in [6, 6.07) is 0.568. The third kappa shape index (κ3) is 3.09. The van der Waals surface area contributed by atoms with Crippen molar-refractivity contribution in [3.8, 4) is 0 Å². The summed E-state index contributed by atoms with van der Waals surface area (Å²) in [5, 5.41) is 16.5. The van der Waals surface area contributed by atoms with E-state index in [1.807, 2.05) is 0 Å². The Kier molecular flexibility index (Phi) is 4.08. The van der Waals surface area contributed by atoms with Crippen molar-refractivity contribution in [3.05, 3.63) is 0 Å². The highest BCUT2D eigenvalue weighted by atomic mass is 32.1. The second-order valence-electron chi connectivity index (χ2n) is 9.94. The number of amides is 2. The van der Waals surface area contributed by atoms with Crippen molar-refractivity contribution in [2.75, 3.05) is 36.4 Å². The number of urea groups is 1. The van der Waals surface area contributed by atoms with Crippen molar-refractivity contribution in [2.24, 2.45) is 17.8 Å². The van der Waals surface area contributed by atoms with Crippen LogP contribution in [-0.4, -0.2) is 58.9 Å². The Morgan fingerprint density at radius 2 is 1.79 bits per heavy atom. The third-order valence-electron chi connectivity index (χ3n) is 7.91. The average Bonchev–Trinajstić information content (AvgIpc) is 3.28. The zero-order valence-electron chi connectivity index (χ0n) is 16.4. The molecular formula is C20H30N6OS. The molecule has 1 aromatic heterocycles. The molecule has 0 radical (unpaired) electrons. The smallest absolute Gasteiger partial charge is 0.321 e. The largest absolute Gasteiger partial charge is 0.344 e. The van der Waals surface area contributed by atoms with Crippen molar-refractivity contribution in [2.45, 2.75) is 62.9 Å². The van der Waals surface area contributed by atoms with E-state index in [0.717, 1.165) is 42.5 Å². The molecule has 0 unspecified atom stereocenters. The summed E-state index contributed by atoms with van der Waals surface area (Å²) >= 11 is 1.51. The van der Waals surface area contributed by atoms with Gasteiger partial charge in [0.2, 0.25) is 10.3 Å². The van der Waals surface area contributed by atoms with E-state index in [9.17, 15) is 4.79 Å². The fourth-order valence-electron chi connectivity index (χ4n) is 7.19. The molecule has 4 saturated carbocycles. The fourth-order valence-corrected chi connectivity index (χ4v) is 7.97. The molecule has 6 aliphatic rings. The van der Waals surface area contributed by atoms with Gasteiger partial charge in [-0.2, -0.15) is 0 Å². The lowest BCUT2D eigenvalue weighted by Gasteiger charge is -2.56. The Balaban J connectivity index is 1.08. The van der Waals surface area contributed by atoms with Gasteiger partial charge in [0.05, 0.1) is 0 Å². The third-order valence-corrected chi connectivity index (χ3v) is 8.81. The first-order chi connectivity index (χ1) is 13.6. The number of rotatable bonds is 3. The highest BCUT2D eigenvalue weighted by Crippen LogP contribution is 2.55. The number of piperazine rings is 1. The van der Waals surface area contributed by atoms with Gasteiger partial charge in [0.1, 0.15) is 0 Å². The van der Waals surface area contributed by atoms with Crippen LogP contribution in [0.5, 0.6) is 0 Å². The second kappa shape index (κ2) is 6.55. The lowest BCUT2D eigenvalue weighted by atomic mass is 9.53. The predicted molar refractivity (Wildman–Crippen MR) is 110 cm³/mol. The molecule has 2 N–H and O–H groups in total. The second-order valence-corrected chi connectivity index (χ2v) is 10.9. The summed E-state index contributed by atoms with van der Waals surface area (Å²) in [5.74, 6) is 2.48. The fraction of sp³-hybridized carbons (Fsp3) is 0.850. The van der Waals surface area contributed by atoms with Crippen molar-refractivity contribution in [1.29, 1.82) is 0 Å². The van der Waals surface area contributed by atoms with Gasteiger partial charge in [-0.05, 0) is 75.7 Å². The van der Waals surface area contributed by atoms with E-state index in [-0.39, 0.29) is 11.6 Å². The number of hydrogen-bond donors (Lipinski definition) is 2. The van der Waals surface area contributed by atoms with E-state index in [1.54, 1.807) is 0 Å². The average molecular weight is 403 g/mol. The molecule has 1 atom stereocenters. The molecule has 0 aromatic carbocycles. The molecule has 2 aliphatic heterocycles. The van der Waals surface area contributed by atoms with Gasteiger partial charge < -0.3 is 10.2 Å². The first-order valence-corrected chi connectivity index (χ1v) is 11.9. The topological polar surface area (TPSA) is 73.4 Å². The van der Waals surface area contributed by atoms with Crippen LogP contribution in [-0.2, 0) is 0 Å². The number of anilines is 2. The number of aromatic nitrogens is 2. The van der Waals surface area contributed by atoms with Crippen molar-refractivity contribution >= 4 is 27.6 Å². The molecule has 6 fully saturated rings. The van der Waals surface area contributed by atoms with E-state index < -0.39 is 0 Å². The molecule has 152 valence electrons. The molecule has 4 bridgehead atoms. The quantitative estimate of drug-likeness (QED) is 0.813. The predicted octanol–water partition coefficient (Wildman–Crippen LogP) is 2.91. The Hall–Kier alpha value is -1.41. The molecule has 4 aliphatic carbocycles. The van der Waals surface area contributed by atoms with Crippen molar-refractivity contribution in [1.82, 2.24) is 20.4 Å². The number of nitrogens with one attached hydrogen (secondary N) is 2. The van der Waals surface area contributed by atoms with Crippen molar-refractivity contribution in [3.63, 3.8) is 0 Å². The minimum absolute atomic E-state index is 0.0329. The normalized spacial score (nSPS) is 39.2. The van der Waals surface area contributed by atoms with Gasteiger partial charge in [-0.25, -0.2) is 4.79 Å². The van der Waals surface area contributed by atoms with Crippen LogP contribution in [0.1, 0.15) is 51.4 Å². The minimum atomic E-state index is -0.0923. The van der Waals surface area contributed by atoms with Gasteiger partial charge in [0.15, 0.2) is 0 Å². The molecule has 1 aromatic rings. The monoisotopic (exact) mass is 402 g/mol. The van der Waals surface area contributed by atoms with Crippen LogP contribution in [0.2, 0.25) is 0 Å². The van der Waals surface area contributed by atoms with Crippen LogP contribution >= 0.6 is 11.3 Å². The van der Waals surface area contributed by atoms with Gasteiger partial charge in [0.25, 0.3) is 0 Å². The number of fused-ring (bicyclic) bond motifs is 1. The van der Waals surface area contributed by atoms with Gasteiger partial charge in [-0.1, -0.05) is 11.3 Å². The molecule has 28 heavy (non-hydrogen) atoms. The summed E-state index contributed by atoms with van der Waals surface area (Å²) in [6.07, 6.45) is 10.3. The van der Waals surface area contributed by atoms with Gasteiger partial charge in [0, 0.05) is 31.2 Å². The van der Waals surface area contributed by atoms with E-state index in [1.165, 1.54) is 69.2 Å². The maximum absolute atomic E-state index is 12.7. The standard InChI is InChI=1S/C20H30N6OS/c27-17(22-20-9-13-6-14(10-20)8-15(7-13)11-20)21-18-23-24-19(28-18)26-5-4-25-3-1-2-16(25)12-26/h13-16H,1-12H2,(H2,21,22,23,27)/t13?,14?,15?,16-,20?/m0/s1. The first kappa shape index (κ1) is 17.4. The van der Waals surface area contributed by atoms with Gasteiger partial charge in [-0.3, -0.25) is 10.2 Å². The summed E-state index contributed by atoms with van der Waals surface area (Å²) in [4.78, 5) is 17.7. The lowest BCUT2D eigenvalue weighted by Crippen LogP contribution is -2.60. The van der Waals surface area contributed by atoms with E-state index in [0.29, 0.717) is 11.2 Å². The minimum Gasteiger partial charge on any atom is -0.344 e. The summed E-state index contributed by atoms with van der Waals surface area (Å²) < 4.78 is 0. The Bertz CT molecular complexity index is 730. The van der Waals surface area contributed by atoms with Crippen LogP contribution in [0.3, 0.4) is 0 Å². The Labute approximate surface area is 170 Å². The molecular weight excluding hydrogens is 372 g/mol. The maximum atomic E-state index is 12.7. The lowest BCUT2D eigenvalue weighted by molar-refractivity contribution is -0.0127. The molecule has 7 nitrogen and oxygen atoms in total. The first-order valence-electron chi connectivity index (χ1n) is 11.1. The number of carbonyl (C=O) groups is 1. The number of carbonyl (C=O) groups excluding carboxylic acids is 1. The van der Waals surface area contributed by atoms with Gasteiger partial charge in [-0.15, -0.1) is 10.2 Å². The number of hydrogen-bond acceptors (Lipinski definition) is 6. The molecule has 3 heterocycles. The van der Waals surface area contributed by atoms with Crippen LogP contribution in [0, 0.1) is 17.8 Å². The molecule has 0 spiro atoms. The van der Waals surface area contributed by atoms with Crippen LogP contribution in [0.4, 0.5) is 15.1 Å². The van der Waals surface area contributed by atoms with Crippen molar-refractivity contribution < 1.29 is 4.79 Å². The zero-order chi connectivity index (χ0) is 18.7. The zero-order valence-corrected chi connectivity index (χ0v) is 17.2. The summed E-state index contributed by atoms with van der Waals surface area (Å²) in [6.45, 7) is 4.39. The number of nitrogens with zero attached hydrogens (tertiary/aromatic N) is 4. The molecule has 8 heteroatoms. The van der Waals surface area contributed by atoms with Crippen LogP contribution < -0.4 is 15.5 Å². The van der Waals surface area contributed by atoms with E-state index in [4.69, 9.17) is 0 Å². The Morgan fingerprint density at radius 1 is 1.04 bits per heavy atom. The van der Waals surface area contributed by atoms with Crippen LogP contribution in [0.25, 0.3) is 0 Å². The highest BCUT2D eigenvalue weighted by molar-refractivity contribution is 7.19.